The molecule has 5 heteroatoms. The Bertz CT molecular complexity index is 696. The van der Waals surface area contributed by atoms with Gasteiger partial charge in [-0.05, 0) is 36.1 Å². The highest BCUT2D eigenvalue weighted by atomic mass is 32.2. The molecule has 1 N–H and O–H groups in total. The van der Waals surface area contributed by atoms with Crippen LogP contribution in [-0.2, 0) is 22.2 Å². The normalized spacial score (nSPS) is 11.4. The molecule has 0 heterocycles. The third-order valence-corrected chi connectivity index (χ3v) is 4.97. The van der Waals surface area contributed by atoms with Crippen LogP contribution in [0.4, 0.5) is 5.69 Å². The van der Waals surface area contributed by atoms with Crippen molar-refractivity contribution in [3.05, 3.63) is 65.7 Å². The molecule has 0 bridgehead atoms. The summed E-state index contributed by atoms with van der Waals surface area (Å²) in [6.45, 7) is 0.463. The molecule has 0 amide bonds. The van der Waals surface area contributed by atoms with E-state index in [0.717, 1.165) is 24.1 Å². The minimum atomic E-state index is -3.26. The standard InChI is InChI=1S/C18H24N2O2S/c1-20(2)18-12-10-16(11-13-18)9-6-14-19-23(21,22)15-17-7-4-3-5-8-17/h3-5,7-8,10-13,19H,6,9,14-15H2,1-2H3. The van der Waals surface area contributed by atoms with E-state index in [9.17, 15) is 8.42 Å². The predicted molar refractivity (Wildman–Crippen MR) is 96.2 cm³/mol. The molecule has 0 atom stereocenters. The first kappa shape index (κ1) is 17.5. The van der Waals surface area contributed by atoms with Crippen molar-refractivity contribution in [2.24, 2.45) is 0 Å². The van der Waals surface area contributed by atoms with Crippen LogP contribution in [-0.4, -0.2) is 29.1 Å². The fourth-order valence-corrected chi connectivity index (χ4v) is 3.51. The van der Waals surface area contributed by atoms with E-state index in [-0.39, 0.29) is 5.75 Å². The molecule has 2 aromatic rings. The highest BCUT2D eigenvalue weighted by Gasteiger charge is 2.10. The SMILES string of the molecule is CN(C)c1ccc(CCCNS(=O)(=O)Cc2ccccc2)cc1. The number of sulfonamides is 1. The zero-order valence-corrected chi connectivity index (χ0v) is 14.5. The predicted octanol–water partition coefficient (Wildman–Crippen LogP) is 2.80. The molecule has 0 aliphatic rings. The zero-order chi connectivity index (χ0) is 16.7. The van der Waals surface area contributed by atoms with Gasteiger partial charge in [-0.3, -0.25) is 0 Å². The summed E-state index contributed by atoms with van der Waals surface area (Å²) in [4.78, 5) is 2.06. The summed E-state index contributed by atoms with van der Waals surface area (Å²) in [7, 11) is 0.757. The number of nitrogens with one attached hydrogen (secondary N) is 1. The molecule has 0 spiro atoms. The molecule has 0 unspecified atom stereocenters. The highest BCUT2D eigenvalue weighted by Crippen LogP contribution is 2.13. The lowest BCUT2D eigenvalue weighted by atomic mass is 10.1. The fourth-order valence-electron chi connectivity index (χ4n) is 2.33. The maximum atomic E-state index is 12.0. The zero-order valence-electron chi connectivity index (χ0n) is 13.7. The van der Waals surface area contributed by atoms with Gasteiger partial charge in [-0.15, -0.1) is 0 Å². The molecule has 23 heavy (non-hydrogen) atoms. The number of hydrogen-bond acceptors (Lipinski definition) is 3. The van der Waals surface area contributed by atoms with Crippen molar-refractivity contribution in [1.29, 1.82) is 0 Å². The van der Waals surface area contributed by atoms with Crippen molar-refractivity contribution in [3.8, 4) is 0 Å². The van der Waals surface area contributed by atoms with Gasteiger partial charge in [0.05, 0.1) is 5.75 Å². The van der Waals surface area contributed by atoms with Gasteiger partial charge >= 0.3 is 0 Å². The Balaban J connectivity index is 1.76. The molecule has 4 nitrogen and oxygen atoms in total. The van der Waals surface area contributed by atoms with Gasteiger partial charge in [-0.2, -0.15) is 0 Å². The highest BCUT2D eigenvalue weighted by molar-refractivity contribution is 7.88. The quantitative estimate of drug-likeness (QED) is 0.756. The summed E-state index contributed by atoms with van der Waals surface area (Å²) >= 11 is 0. The van der Waals surface area contributed by atoms with Gasteiger partial charge in [0.15, 0.2) is 0 Å². The van der Waals surface area contributed by atoms with Crippen LogP contribution >= 0.6 is 0 Å². The van der Waals surface area contributed by atoms with Crippen molar-refractivity contribution < 1.29 is 8.42 Å². The minimum absolute atomic E-state index is 0.0331. The number of rotatable bonds is 8. The van der Waals surface area contributed by atoms with E-state index in [0.29, 0.717) is 6.54 Å². The molecule has 2 rings (SSSR count). The van der Waals surface area contributed by atoms with E-state index in [1.807, 2.05) is 44.4 Å². The summed E-state index contributed by atoms with van der Waals surface area (Å²) in [5.41, 5.74) is 3.19. The molecule has 0 saturated carbocycles. The van der Waals surface area contributed by atoms with Crippen molar-refractivity contribution >= 4 is 15.7 Å². The van der Waals surface area contributed by atoms with Crippen LogP contribution in [0.5, 0.6) is 0 Å². The molecule has 124 valence electrons. The third kappa shape index (κ3) is 6.04. The number of benzene rings is 2. The monoisotopic (exact) mass is 332 g/mol. The average Bonchev–Trinajstić information content (AvgIpc) is 2.52. The van der Waals surface area contributed by atoms with Crippen molar-refractivity contribution in [3.63, 3.8) is 0 Å². The number of hydrogen-bond donors (Lipinski definition) is 1. The van der Waals surface area contributed by atoms with Crippen LogP contribution in [0.2, 0.25) is 0 Å². The summed E-state index contributed by atoms with van der Waals surface area (Å²) < 4.78 is 26.7. The Morgan fingerprint density at radius 2 is 1.57 bits per heavy atom. The first-order valence-corrected chi connectivity index (χ1v) is 9.39. The number of aryl methyl sites for hydroxylation is 1. The molecule has 0 radical (unpaired) electrons. The lowest BCUT2D eigenvalue weighted by Crippen LogP contribution is -2.26. The van der Waals surface area contributed by atoms with Crippen LogP contribution in [0.25, 0.3) is 0 Å². The molecule has 2 aromatic carbocycles. The Labute approximate surface area is 139 Å². The molecule has 0 aliphatic heterocycles. The largest absolute Gasteiger partial charge is 0.378 e. The van der Waals surface area contributed by atoms with Crippen LogP contribution in [0.15, 0.2) is 54.6 Å². The van der Waals surface area contributed by atoms with Gasteiger partial charge in [0, 0.05) is 26.3 Å². The lowest BCUT2D eigenvalue weighted by molar-refractivity contribution is 0.578. The van der Waals surface area contributed by atoms with Gasteiger partial charge in [-0.25, -0.2) is 13.1 Å². The second-order valence-corrected chi connectivity index (χ2v) is 7.61. The smallest absolute Gasteiger partial charge is 0.215 e. The molecular weight excluding hydrogens is 308 g/mol. The third-order valence-electron chi connectivity index (χ3n) is 3.62. The van der Waals surface area contributed by atoms with Crippen molar-refractivity contribution in [1.82, 2.24) is 4.72 Å². The Morgan fingerprint density at radius 3 is 2.17 bits per heavy atom. The number of nitrogens with zero attached hydrogens (tertiary/aromatic N) is 1. The van der Waals surface area contributed by atoms with Gasteiger partial charge in [0.2, 0.25) is 10.0 Å². The van der Waals surface area contributed by atoms with Crippen LogP contribution in [0.1, 0.15) is 17.5 Å². The van der Waals surface area contributed by atoms with Crippen LogP contribution < -0.4 is 9.62 Å². The minimum Gasteiger partial charge on any atom is -0.378 e. The van der Waals surface area contributed by atoms with Gasteiger partial charge in [0.25, 0.3) is 0 Å². The van der Waals surface area contributed by atoms with Crippen LogP contribution in [0, 0.1) is 0 Å². The fraction of sp³-hybridized carbons (Fsp3) is 0.333. The van der Waals surface area contributed by atoms with E-state index < -0.39 is 10.0 Å². The Morgan fingerprint density at radius 1 is 0.913 bits per heavy atom. The van der Waals surface area contributed by atoms with Crippen LogP contribution in [0.3, 0.4) is 0 Å². The van der Waals surface area contributed by atoms with Crippen molar-refractivity contribution in [2.45, 2.75) is 18.6 Å². The second kappa shape index (κ2) is 8.13. The first-order chi connectivity index (χ1) is 11.0. The van der Waals surface area contributed by atoms with Crippen molar-refractivity contribution in [2.75, 3.05) is 25.5 Å². The van der Waals surface area contributed by atoms with E-state index >= 15 is 0 Å². The van der Waals surface area contributed by atoms with Gasteiger partial charge < -0.3 is 4.90 Å². The first-order valence-electron chi connectivity index (χ1n) is 7.74. The summed E-state index contributed by atoms with van der Waals surface area (Å²) in [5.74, 6) is 0.0331. The molecule has 0 saturated heterocycles. The van der Waals surface area contributed by atoms with Gasteiger partial charge in [-0.1, -0.05) is 42.5 Å². The Hall–Kier alpha value is -1.85. The van der Waals surface area contributed by atoms with Gasteiger partial charge in [0.1, 0.15) is 0 Å². The lowest BCUT2D eigenvalue weighted by Gasteiger charge is -2.12. The van der Waals surface area contributed by atoms with E-state index in [4.69, 9.17) is 0 Å². The topological polar surface area (TPSA) is 49.4 Å². The summed E-state index contributed by atoms with van der Waals surface area (Å²) in [5, 5.41) is 0. The molecule has 0 aliphatic carbocycles. The maximum Gasteiger partial charge on any atom is 0.215 e. The molecular formula is C18H24N2O2S. The van der Waals surface area contributed by atoms with E-state index in [1.54, 1.807) is 0 Å². The molecule has 0 aromatic heterocycles. The average molecular weight is 332 g/mol. The van der Waals surface area contributed by atoms with E-state index in [1.165, 1.54) is 5.56 Å². The second-order valence-electron chi connectivity index (χ2n) is 5.80. The van der Waals surface area contributed by atoms with E-state index in [2.05, 4.69) is 33.9 Å². The number of anilines is 1. The summed E-state index contributed by atoms with van der Waals surface area (Å²) in [6, 6.07) is 17.6. The Kier molecular flexibility index (Phi) is 6.19. The molecule has 0 fully saturated rings. The maximum absolute atomic E-state index is 12.0. The summed E-state index contributed by atoms with van der Waals surface area (Å²) in [6.07, 6.45) is 1.65.